The first-order valence-corrected chi connectivity index (χ1v) is 15.3. The third-order valence-corrected chi connectivity index (χ3v) is 14.0. The van der Waals surface area contributed by atoms with Gasteiger partial charge in [0.15, 0.2) is 5.79 Å². The molecule has 190 valence electrons. The third-order valence-electron chi connectivity index (χ3n) is 7.87. The Morgan fingerprint density at radius 1 is 1.09 bits per heavy atom. The van der Waals surface area contributed by atoms with Crippen LogP contribution in [0.2, 0.25) is 16.6 Å². The van der Waals surface area contributed by atoms with E-state index in [1.807, 2.05) is 6.07 Å². The summed E-state index contributed by atoms with van der Waals surface area (Å²) in [6, 6.07) is 10.6. The standard InChI is InChI=1S/C28H45NO4Si/c1-8-18-28(31-27-17-13-12-16-26(27)24-14-10-9-11-15-24)19-25(20-29(30)33-28)32-34(21(2)3,22(4)5)23(6)7/h8-11,14-15,20-23,25-27H,1,12-13,16-19H2,2-7H3/t25-,26+,27-,28+/m1/s1. The van der Waals surface area contributed by atoms with E-state index in [2.05, 4.69) is 72.4 Å². The van der Waals surface area contributed by atoms with E-state index in [1.165, 1.54) is 12.0 Å². The van der Waals surface area contributed by atoms with E-state index in [0.29, 0.717) is 40.3 Å². The smallest absolute Gasteiger partial charge is 0.237 e. The lowest BCUT2D eigenvalue weighted by molar-refractivity contribution is -0.788. The molecule has 0 spiro atoms. The Bertz CT molecular complexity index is 803. The second-order valence-electron chi connectivity index (χ2n) is 11.1. The summed E-state index contributed by atoms with van der Waals surface area (Å²) in [5.41, 5.74) is 2.58. The number of hydrogen-bond donors (Lipinski definition) is 0. The van der Waals surface area contributed by atoms with Gasteiger partial charge in [-0.25, -0.2) is 0 Å². The van der Waals surface area contributed by atoms with Crippen molar-refractivity contribution in [3.63, 3.8) is 0 Å². The average Bonchev–Trinajstić information content (AvgIpc) is 2.77. The molecule has 1 aliphatic carbocycles. The van der Waals surface area contributed by atoms with Crippen LogP contribution >= 0.6 is 0 Å². The van der Waals surface area contributed by atoms with Gasteiger partial charge >= 0.3 is 0 Å². The monoisotopic (exact) mass is 487 g/mol. The van der Waals surface area contributed by atoms with Gasteiger partial charge in [0.2, 0.25) is 14.5 Å². The largest absolute Gasteiger partial charge is 0.403 e. The molecule has 0 N–H and O–H groups in total. The van der Waals surface area contributed by atoms with Gasteiger partial charge in [0, 0.05) is 23.7 Å². The molecular weight excluding hydrogens is 442 g/mol. The Hall–Kier alpha value is -1.63. The van der Waals surface area contributed by atoms with Crippen molar-refractivity contribution < 1.29 is 18.9 Å². The summed E-state index contributed by atoms with van der Waals surface area (Å²) in [5, 5.41) is 12.8. The highest BCUT2D eigenvalue weighted by Crippen LogP contribution is 2.45. The van der Waals surface area contributed by atoms with Gasteiger partial charge in [-0.3, -0.25) is 5.21 Å². The highest BCUT2D eigenvalue weighted by atomic mass is 28.4. The molecule has 1 aliphatic heterocycles. The topological polar surface area (TPSA) is 53.8 Å². The SMILES string of the molecule is C=CC[C@@]1(O[C@@H]2CCCC[C@H]2c2ccccc2)C[C@@H](O[Si](C(C)C)(C(C)C)C(C)C)C=[N+]([O-])O1. The second-order valence-corrected chi connectivity index (χ2v) is 16.5. The molecule has 5 nitrogen and oxygen atoms in total. The Morgan fingerprint density at radius 3 is 2.29 bits per heavy atom. The van der Waals surface area contributed by atoms with E-state index < -0.39 is 14.1 Å². The number of benzene rings is 1. The van der Waals surface area contributed by atoms with Crippen molar-refractivity contribution in [3.8, 4) is 0 Å². The minimum atomic E-state index is -2.18. The Labute approximate surface area is 207 Å². The Balaban J connectivity index is 1.89. The van der Waals surface area contributed by atoms with Crippen molar-refractivity contribution >= 4 is 14.5 Å². The quantitative estimate of drug-likeness (QED) is 0.195. The van der Waals surface area contributed by atoms with Crippen LogP contribution in [0.5, 0.6) is 0 Å². The minimum Gasteiger partial charge on any atom is -0.403 e. The molecule has 2 aliphatic rings. The van der Waals surface area contributed by atoms with Crippen molar-refractivity contribution in [1.82, 2.24) is 0 Å². The van der Waals surface area contributed by atoms with E-state index in [9.17, 15) is 5.21 Å². The van der Waals surface area contributed by atoms with Gasteiger partial charge in [0.25, 0.3) is 0 Å². The van der Waals surface area contributed by atoms with Gasteiger partial charge in [-0.15, -0.1) is 6.58 Å². The van der Waals surface area contributed by atoms with E-state index >= 15 is 0 Å². The first-order valence-electron chi connectivity index (χ1n) is 13.2. The van der Waals surface area contributed by atoms with Gasteiger partial charge in [-0.2, -0.15) is 0 Å². The number of ether oxygens (including phenoxy) is 1. The van der Waals surface area contributed by atoms with Crippen molar-refractivity contribution in [1.29, 1.82) is 0 Å². The predicted molar refractivity (Wildman–Crippen MR) is 141 cm³/mol. The van der Waals surface area contributed by atoms with Gasteiger partial charge in [0.1, 0.15) is 6.10 Å². The lowest BCUT2D eigenvalue weighted by Gasteiger charge is -2.48. The van der Waals surface area contributed by atoms with E-state index in [0.717, 1.165) is 19.3 Å². The van der Waals surface area contributed by atoms with Gasteiger partial charge in [-0.05, 0) is 35.0 Å². The summed E-state index contributed by atoms with van der Waals surface area (Å²) >= 11 is 0. The van der Waals surface area contributed by atoms with E-state index in [1.54, 1.807) is 12.3 Å². The second kappa shape index (κ2) is 11.4. The van der Waals surface area contributed by atoms with Gasteiger partial charge < -0.3 is 14.0 Å². The summed E-state index contributed by atoms with van der Waals surface area (Å²) in [5.74, 6) is -0.774. The number of nitrogens with zero attached hydrogens (tertiary/aromatic N) is 1. The van der Waals surface area contributed by atoms with Crippen LogP contribution in [-0.4, -0.2) is 37.4 Å². The molecule has 4 atom stereocenters. The summed E-state index contributed by atoms with van der Waals surface area (Å²) in [6.45, 7) is 17.5. The summed E-state index contributed by atoms with van der Waals surface area (Å²) < 4.78 is 13.8. The molecule has 1 aromatic rings. The molecule has 1 heterocycles. The molecule has 1 aromatic carbocycles. The highest BCUT2D eigenvalue weighted by Gasteiger charge is 2.50. The summed E-state index contributed by atoms with van der Waals surface area (Å²) in [6.07, 6.45) is 8.28. The maximum absolute atomic E-state index is 12.8. The molecule has 3 rings (SSSR count). The number of rotatable bonds is 10. The van der Waals surface area contributed by atoms with Gasteiger partial charge in [0.05, 0.1) is 6.10 Å². The van der Waals surface area contributed by atoms with E-state index in [-0.39, 0.29) is 12.2 Å². The van der Waals surface area contributed by atoms with Crippen LogP contribution in [0.3, 0.4) is 0 Å². The first kappa shape index (κ1) is 27.0. The number of hydrogen-bond acceptors (Lipinski definition) is 4. The molecule has 0 bridgehead atoms. The maximum Gasteiger partial charge on any atom is 0.237 e. The molecule has 1 saturated carbocycles. The van der Waals surface area contributed by atoms with Crippen molar-refractivity contribution in [3.05, 3.63) is 53.8 Å². The molecule has 0 saturated heterocycles. The van der Waals surface area contributed by atoms with Crippen LogP contribution in [0, 0.1) is 5.21 Å². The fourth-order valence-corrected chi connectivity index (χ4v) is 12.0. The molecule has 0 aromatic heterocycles. The fourth-order valence-electron chi connectivity index (χ4n) is 6.52. The van der Waals surface area contributed by atoms with Crippen LogP contribution in [0.1, 0.15) is 91.5 Å². The van der Waals surface area contributed by atoms with Crippen LogP contribution in [0.25, 0.3) is 0 Å². The zero-order valence-corrected chi connectivity index (χ0v) is 23.0. The fraction of sp³-hybridized carbons (Fsp3) is 0.679. The summed E-state index contributed by atoms with van der Waals surface area (Å²) in [7, 11) is -2.18. The Morgan fingerprint density at radius 2 is 1.71 bits per heavy atom. The van der Waals surface area contributed by atoms with Crippen molar-refractivity contribution in [2.75, 3.05) is 0 Å². The molecular formula is C28H45NO4Si. The lowest BCUT2D eigenvalue weighted by atomic mass is 9.81. The Kier molecular flexibility index (Phi) is 9.04. The first-order chi connectivity index (χ1) is 16.1. The van der Waals surface area contributed by atoms with Crippen molar-refractivity contribution in [2.45, 2.75) is 121 Å². The zero-order valence-electron chi connectivity index (χ0n) is 22.0. The maximum atomic E-state index is 12.8. The van der Waals surface area contributed by atoms with Crippen molar-refractivity contribution in [2.24, 2.45) is 0 Å². The van der Waals surface area contributed by atoms with Crippen LogP contribution in [0.4, 0.5) is 0 Å². The average molecular weight is 488 g/mol. The molecule has 0 radical (unpaired) electrons. The molecule has 0 unspecified atom stereocenters. The zero-order chi connectivity index (χ0) is 24.9. The molecule has 0 amide bonds. The molecule has 34 heavy (non-hydrogen) atoms. The summed E-state index contributed by atoms with van der Waals surface area (Å²) in [4.78, 5) is 6.47. The predicted octanol–water partition coefficient (Wildman–Crippen LogP) is 7.48. The van der Waals surface area contributed by atoms with Gasteiger partial charge in [-0.1, -0.05) is 90.8 Å². The molecule has 1 fully saturated rings. The third kappa shape index (κ3) is 5.77. The van der Waals surface area contributed by atoms with Crippen LogP contribution in [-0.2, 0) is 14.0 Å². The molecule has 6 heteroatoms. The van der Waals surface area contributed by atoms with E-state index in [4.69, 9.17) is 14.0 Å². The normalized spacial score (nSPS) is 28.1. The highest BCUT2D eigenvalue weighted by molar-refractivity contribution is 6.77. The lowest BCUT2D eigenvalue weighted by Crippen LogP contribution is -2.56. The van der Waals surface area contributed by atoms with Crippen LogP contribution in [0.15, 0.2) is 43.0 Å². The van der Waals surface area contributed by atoms with Crippen LogP contribution < -0.4 is 0 Å². The minimum absolute atomic E-state index is 0.00875.